The Morgan fingerprint density at radius 3 is 2.69 bits per heavy atom. The van der Waals surface area contributed by atoms with Gasteiger partial charge >= 0.3 is 11.9 Å². The maximum Gasteiger partial charge on any atom is 0.326 e. The molecule has 0 aromatic carbocycles. The molecule has 3 aromatic rings. The number of unbranched alkanes of at least 4 members (excludes halogenated alkanes) is 1. The summed E-state index contributed by atoms with van der Waals surface area (Å²) in [7, 11) is 0. The van der Waals surface area contributed by atoms with Crippen LogP contribution in [0.1, 0.15) is 45.8 Å². The van der Waals surface area contributed by atoms with Crippen LogP contribution in [-0.4, -0.2) is 49.1 Å². The fraction of sp³-hybridized carbons (Fsp3) is 0.350. The molecule has 11 nitrogen and oxygen atoms in total. The molecule has 0 fully saturated rings. The zero-order valence-electron chi connectivity index (χ0n) is 17.0. The van der Waals surface area contributed by atoms with Gasteiger partial charge in [-0.25, -0.2) is 4.79 Å². The first-order valence-corrected chi connectivity index (χ1v) is 10.8. The Bertz CT molecular complexity index is 1200. The van der Waals surface area contributed by atoms with Gasteiger partial charge in [-0.05, 0) is 43.4 Å². The number of carbonyl (C=O) groups excluding carboxylic acids is 1. The normalized spacial score (nSPS) is 12.0. The van der Waals surface area contributed by atoms with Crippen molar-refractivity contribution in [2.75, 3.05) is 5.73 Å². The van der Waals surface area contributed by atoms with Gasteiger partial charge in [0.1, 0.15) is 11.7 Å². The van der Waals surface area contributed by atoms with Crippen LogP contribution in [0.3, 0.4) is 0 Å². The van der Waals surface area contributed by atoms with Crippen molar-refractivity contribution in [1.29, 1.82) is 0 Å². The predicted octanol–water partition coefficient (Wildman–Crippen LogP) is 1.51. The van der Waals surface area contributed by atoms with Gasteiger partial charge in [0.15, 0.2) is 0 Å². The minimum absolute atomic E-state index is 0.0337. The van der Waals surface area contributed by atoms with Gasteiger partial charge in [0, 0.05) is 17.5 Å². The van der Waals surface area contributed by atoms with Crippen molar-refractivity contribution in [1.82, 2.24) is 20.3 Å². The summed E-state index contributed by atoms with van der Waals surface area (Å²) in [6, 6.07) is 2.33. The maximum atomic E-state index is 12.5. The lowest BCUT2D eigenvalue weighted by Gasteiger charge is -2.13. The Balaban J connectivity index is 1.59. The molecule has 1 unspecified atom stereocenters. The number of amides is 1. The second-order valence-corrected chi connectivity index (χ2v) is 8.43. The molecule has 1 amide bonds. The summed E-state index contributed by atoms with van der Waals surface area (Å²) < 4.78 is 0. The van der Waals surface area contributed by atoms with Crippen molar-refractivity contribution in [3.63, 3.8) is 0 Å². The first kappa shape index (κ1) is 23.0. The Morgan fingerprint density at radius 2 is 1.97 bits per heavy atom. The lowest BCUT2D eigenvalue weighted by atomic mass is 10.1. The number of carboxylic acids is 2. The van der Waals surface area contributed by atoms with Gasteiger partial charge < -0.3 is 26.2 Å². The Hall–Kier alpha value is -3.67. The maximum absolute atomic E-state index is 12.5. The smallest absolute Gasteiger partial charge is 0.326 e. The average Bonchev–Trinajstić information content (AvgIpc) is 3.35. The van der Waals surface area contributed by atoms with Crippen LogP contribution >= 0.6 is 11.3 Å². The molecule has 0 aliphatic carbocycles. The number of nitrogens with one attached hydrogen (secondary N) is 3. The molecule has 3 heterocycles. The Kier molecular flexibility index (Phi) is 7.25. The molecule has 0 saturated heterocycles. The van der Waals surface area contributed by atoms with Crippen LogP contribution in [-0.2, 0) is 22.4 Å². The number of aryl methyl sites for hydroxylation is 2. The fourth-order valence-electron chi connectivity index (χ4n) is 3.32. The van der Waals surface area contributed by atoms with E-state index in [1.165, 1.54) is 11.3 Å². The number of anilines is 1. The second-order valence-electron chi connectivity index (χ2n) is 7.26. The van der Waals surface area contributed by atoms with Gasteiger partial charge in [0.2, 0.25) is 5.95 Å². The van der Waals surface area contributed by atoms with Crippen molar-refractivity contribution in [3.05, 3.63) is 44.0 Å². The standard InChI is InChI=1S/C20H23N5O6S/c21-20-24-16-15(18(29)25-20)10(9-22-16)5-6-11-7-8-13(32-11)17(28)23-12(19(30)31)3-1-2-4-14(26)27/h7-9,12H,1-6H2,(H,23,28)(H,26,27)(H,30,31)(H4,21,22,24,25,29). The molecule has 0 aliphatic heterocycles. The number of aliphatic carboxylic acids is 2. The Morgan fingerprint density at radius 1 is 1.19 bits per heavy atom. The summed E-state index contributed by atoms with van der Waals surface area (Å²) in [6.45, 7) is 0. The molecule has 12 heteroatoms. The number of rotatable bonds is 11. The van der Waals surface area contributed by atoms with Gasteiger partial charge in [0.05, 0.1) is 10.3 Å². The molecule has 170 valence electrons. The van der Waals surface area contributed by atoms with Gasteiger partial charge in [-0.3, -0.25) is 19.4 Å². The first-order chi connectivity index (χ1) is 15.2. The van der Waals surface area contributed by atoms with Crippen LogP contribution in [0.25, 0.3) is 11.0 Å². The number of thiophene rings is 1. The van der Waals surface area contributed by atoms with E-state index in [0.717, 1.165) is 10.4 Å². The van der Waals surface area contributed by atoms with Gasteiger partial charge in [-0.15, -0.1) is 11.3 Å². The highest BCUT2D eigenvalue weighted by atomic mass is 32.1. The topological polar surface area (TPSA) is 191 Å². The second kappa shape index (κ2) is 10.1. The number of carboxylic acid groups (broad SMARTS) is 2. The molecule has 0 bridgehead atoms. The van der Waals surface area contributed by atoms with Crippen LogP contribution in [0.2, 0.25) is 0 Å². The summed E-state index contributed by atoms with van der Waals surface area (Å²) in [4.78, 5) is 57.3. The molecular weight excluding hydrogens is 438 g/mol. The lowest BCUT2D eigenvalue weighted by molar-refractivity contribution is -0.139. The molecule has 32 heavy (non-hydrogen) atoms. The summed E-state index contributed by atoms with van der Waals surface area (Å²) in [5, 5.41) is 20.9. The Labute approximate surface area is 185 Å². The first-order valence-electron chi connectivity index (χ1n) is 9.94. The van der Waals surface area contributed by atoms with Crippen LogP contribution < -0.4 is 16.6 Å². The highest BCUT2D eigenvalue weighted by Crippen LogP contribution is 2.21. The summed E-state index contributed by atoms with van der Waals surface area (Å²) in [6.07, 6.45) is 3.65. The van der Waals surface area contributed by atoms with Gasteiger partial charge in [-0.1, -0.05) is 6.42 Å². The minimum atomic E-state index is -1.16. The van der Waals surface area contributed by atoms with Crippen molar-refractivity contribution >= 4 is 46.2 Å². The quantitative estimate of drug-likeness (QED) is 0.231. The molecule has 0 saturated carbocycles. The monoisotopic (exact) mass is 461 g/mol. The SMILES string of the molecule is Nc1nc2[nH]cc(CCc3ccc(C(=O)NC(CCCCC(=O)O)C(=O)O)s3)c2c(=O)[nH]1. The van der Waals surface area contributed by atoms with E-state index in [9.17, 15) is 24.3 Å². The third-order valence-electron chi connectivity index (χ3n) is 4.90. The number of aromatic nitrogens is 3. The van der Waals surface area contributed by atoms with Crippen molar-refractivity contribution in [2.45, 2.75) is 44.6 Å². The van der Waals surface area contributed by atoms with Crippen molar-refractivity contribution < 1.29 is 24.6 Å². The molecule has 3 rings (SSSR count). The largest absolute Gasteiger partial charge is 0.481 e. The minimum Gasteiger partial charge on any atom is -0.481 e. The van der Waals surface area contributed by atoms with Crippen LogP contribution in [0.15, 0.2) is 23.1 Å². The highest BCUT2D eigenvalue weighted by Gasteiger charge is 2.21. The number of carbonyl (C=O) groups is 3. The van der Waals surface area contributed by atoms with Crippen LogP contribution in [0.5, 0.6) is 0 Å². The fourth-order valence-corrected chi connectivity index (χ4v) is 4.23. The number of H-pyrrole nitrogens is 2. The number of nitrogens with zero attached hydrogens (tertiary/aromatic N) is 1. The van der Waals surface area contributed by atoms with E-state index in [4.69, 9.17) is 10.8 Å². The van der Waals surface area contributed by atoms with E-state index in [1.54, 1.807) is 18.3 Å². The van der Waals surface area contributed by atoms with E-state index < -0.39 is 23.9 Å². The molecule has 0 radical (unpaired) electrons. The molecule has 3 aromatic heterocycles. The molecule has 1 atom stereocenters. The predicted molar refractivity (Wildman–Crippen MR) is 118 cm³/mol. The highest BCUT2D eigenvalue weighted by molar-refractivity contribution is 7.14. The zero-order chi connectivity index (χ0) is 23.3. The van der Waals surface area contributed by atoms with E-state index in [-0.39, 0.29) is 24.3 Å². The molecule has 7 N–H and O–H groups in total. The zero-order valence-corrected chi connectivity index (χ0v) is 17.8. The summed E-state index contributed by atoms with van der Waals surface area (Å²) in [5.41, 5.74) is 6.42. The molecular formula is C20H23N5O6S. The van der Waals surface area contributed by atoms with Crippen LogP contribution in [0, 0.1) is 0 Å². The number of nitrogen functional groups attached to an aromatic ring is 1. The number of hydrogen-bond donors (Lipinski definition) is 6. The number of hydrogen-bond acceptors (Lipinski definition) is 7. The molecule has 0 spiro atoms. The summed E-state index contributed by atoms with van der Waals surface area (Å²) >= 11 is 1.25. The molecule has 0 aliphatic rings. The van der Waals surface area contributed by atoms with Crippen LogP contribution in [0.4, 0.5) is 5.95 Å². The van der Waals surface area contributed by atoms with Crippen molar-refractivity contribution in [3.8, 4) is 0 Å². The lowest BCUT2D eigenvalue weighted by Crippen LogP contribution is -2.40. The van der Waals surface area contributed by atoms with E-state index in [0.29, 0.717) is 41.6 Å². The van der Waals surface area contributed by atoms with Gasteiger partial charge in [-0.2, -0.15) is 4.98 Å². The number of fused-ring (bicyclic) bond motifs is 1. The third-order valence-corrected chi connectivity index (χ3v) is 6.05. The van der Waals surface area contributed by atoms with E-state index in [1.807, 2.05) is 0 Å². The van der Waals surface area contributed by atoms with Crippen molar-refractivity contribution in [2.24, 2.45) is 0 Å². The number of nitrogens with two attached hydrogens (primary N) is 1. The summed E-state index contributed by atoms with van der Waals surface area (Å²) in [5.74, 6) is -2.56. The average molecular weight is 462 g/mol. The number of aromatic amines is 2. The van der Waals surface area contributed by atoms with E-state index in [2.05, 4.69) is 20.3 Å². The third kappa shape index (κ3) is 5.72. The van der Waals surface area contributed by atoms with Gasteiger partial charge in [0.25, 0.3) is 11.5 Å². The van der Waals surface area contributed by atoms with E-state index >= 15 is 0 Å².